The molecule has 140 valence electrons. The van der Waals surface area contributed by atoms with Crippen LogP contribution >= 0.6 is 0 Å². The quantitative estimate of drug-likeness (QED) is 0.784. The van der Waals surface area contributed by atoms with Crippen molar-refractivity contribution in [1.82, 2.24) is 9.62 Å². The van der Waals surface area contributed by atoms with E-state index in [4.69, 9.17) is 0 Å². The third-order valence-electron chi connectivity index (χ3n) is 4.36. The van der Waals surface area contributed by atoms with Crippen LogP contribution in [0.4, 0.5) is 0 Å². The summed E-state index contributed by atoms with van der Waals surface area (Å²) in [6.45, 7) is 5.86. The van der Waals surface area contributed by atoms with Crippen molar-refractivity contribution in [3.05, 3.63) is 29.8 Å². The Morgan fingerprint density at radius 2 is 1.92 bits per heavy atom. The number of carbonyl (C=O) groups is 1. The second-order valence-electron chi connectivity index (χ2n) is 6.47. The van der Waals surface area contributed by atoms with Crippen molar-refractivity contribution in [2.75, 3.05) is 24.6 Å². The smallest absolute Gasteiger partial charge is 0.251 e. The Morgan fingerprint density at radius 1 is 1.28 bits per heavy atom. The summed E-state index contributed by atoms with van der Waals surface area (Å²) in [6.07, 6.45) is 0.346. The SMILES string of the molecule is CCN(CC)S(=O)(=O)c1cccc(C(=O)N[C@]2(C)CCS(=O)(=O)C2)c1. The first-order valence-corrected chi connectivity index (χ1v) is 11.4. The van der Waals surface area contributed by atoms with Crippen LogP contribution in [-0.4, -0.2) is 57.2 Å². The van der Waals surface area contributed by atoms with Crippen LogP contribution in [0.25, 0.3) is 0 Å². The number of amides is 1. The Bertz CT molecular complexity index is 860. The standard InChI is InChI=1S/C16H24N2O5S2/c1-4-18(5-2)25(22,23)14-8-6-7-13(11-14)15(19)17-16(3)9-10-24(20,21)12-16/h6-8,11H,4-5,9-10,12H2,1-3H3,(H,17,19)/t16-/m1/s1. The molecule has 0 saturated carbocycles. The summed E-state index contributed by atoms with van der Waals surface area (Å²) < 4.78 is 49.8. The van der Waals surface area contributed by atoms with E-state index in [0.717, 1.165) is 0 Å². The van der Waals surface area contributed by atoms with E-state index in [1.54, 1.807) is 20.8 Å². The Balaban J connectivity index is 2.26. The lowest BCUT2D eigenvalue weighted by Crippen LogP contribution is -2.47. The van der Waals surface area contributed by atoms with Crippen molar-refractivity contribution in [1.29, 1.82) is 0 Å². The fraction of sp³-hybridized carbons (Fsp3) is 0.562. The molecule has 0 radical (unpaired) electrons. The molecule has 0 unspecified atom stereocenters. The molecule has 1 atom stereocenters. The van der Waals surface area contributed by atoms with Gasteiger partial charge in [-0.2, -0.15) is 4.31 Å². The lowest BCUT2D eigenvalue weighted by Gasteiger charge is -2.24. The van der Waals surface area contributed by atoms with Crippen LogP contribution in [0.15, 0.2) is 29.2 Å². The Kier molecular flexibility index (Phi) is 5.60. The molecule has 1 heterocycles. The molecule has 1 amide bonds. The second-order valence-corrected chi connectivity index (χ2v) is 10.6. The fourth-order valence-electron chi connectivity index (χ4n) is 2.97. The number of carbonyl (C=O) groups excluding carboxylic acids is 1. The maximum Gasteiger partial charge on any atom is 0.251 e. The molecule has 1 aromatic carbocycles. The molecule has 0 aliphatic carbocycles. The van der Waals surface area contributed by atoms with Crippen LogP contribution in [0.2, 0.25) is 0 Å². The molecule has 9 heteroatoms. The lowest BCUT2D eigenvalue weighted by atomic mass is 10.0. The molecular weight excluding hydrogens is 364 g/mol. The molecule has 1 aliphatic rings. The highest BCUT2D eigenvalue weighted by Gasteiger charge is 2.39. The number of nitrogens with zero attached hydrogens (tertiary/aromatic N) is 1. The van der Waals surface area contributed by atoms with Gasteiger partial charge >= 0.3 is 0 Å². The summed E-state index contributed by atoms with van der Waals surface area (Å²) in [5, 5.41) is 2.74. The normalized spacial score (nSPS) is 22.9. The van der Waals surface area contributed by atoms with E-state index in [-0.39, 0.29) is 22.0 Å². The minimum absolute atomic E-state index is 0.0418. The molecule has 1 saturated heterocycles. The number of sulfonamides is 1. The number of nitrogens with one attached hydrogen (secondary N) is 1. The van der Waals surface area contributed by atoms with Gasteiger partial charge in [-0.05, 0) is 31.5 Å². The maximum atomic E-state index is 12.6. The summed E-state index contributed by atoms with van der Waals surface area (Å²) >= 11 is 0. The van der Waals surface area contributed by atoms with E-state index in [2.05, 4.69) is 5.32 Å². The third kappa shape index (κ3) is 4.39. The van der Waals surface area contributed by atoms with Crippen molar-refractivity contribution in [3.8, 4) is 0 Å². The van der Waals surface area contributed by atoms with Gasteiger partial charge in [-0.15, -0.1) is 0 Å². The van der Waals surface area contributed by atoms with Crippen molar-refractivity contribution in [2.24, 2.45) is 0 Å². The van der Waals surface area contributed by atoms with Crippen LogP contribution in [0.1, 0.15) is 37.6 Å². The first-order chi connectivity index (χ1) is 11.5. The number of rotatable bonds is 6. The van der Waals surface area contributed by atoms with Crippen LogP contribution < -0.4 is 5.32 Å². The average Bonchev–Trinajstić information content (AvgIpc) is 2.81. The third-order valence-corrected chi connectivity index (χ3v) is 8.31. The first kappa shape index (κ1) is 19.9. The molecule has 1 aromatic rings. The molecular formula is C16H24N2O5S2. The van der Waals surface area contributed by atoms with Gasteiger partial charge in [0.15, 0.2) is 9.84 Å². The number of hydrogen-bond donors (Lipinski definition) is 1. The predicted molar refractivity (Wildman–Crippen MR) is 95.7 cm³/mol. The van der Waals surface area contributed by atoms with Gasteiger partial charge < -0.3 is 5.32 Å². The van der Waals surface area contributed by atoms with Crippen LogP contribution in [-0.2, 0) is 19.9 Å². The molecule has 25 heavy (non-hydrogen) atoms. The molecule has 1 aliphatic heterocycles. The largest absolute Gasteiger partial charge is 0.346 e. The van der Waals surface area contributed by atoms with Crippen molar-refractivity contribution >= 4 is 25.8 Å². The van der Waals surface area contributed by atoms with Crippen LogP contribution in [0.5, 0.6) is 0 Å². The fourth-order valence-corrected chi connectivity index (χ4v) is 6.56. The highest BCUT2D eigenvalue weighted by Crippen LogP contribution is 2.24. The Labute approximate surface area is 149 Å². The minimum atomic E-state index is -3.66. The van der Waals surface area contributed by atoms with Gasteiger partial charge in [-0.25, -0.2) is 16.8 Å². The van der Waals surface area contributed by atoms with Crippen molar-refractivity contribution in [2.45, 2.75) is 37.6 Å². The van der Waals surface area contributed by atoms with Gasteiger partial charge in [0.1, 0.15) is 0 Å². The Morgan fingerprint density at radius 3 is 2.44 bits per heavy atom. The predicted octanol–water partition coefficient (Wildman–Crippen LogP) is 1.02. The van der Waals surface area contributed by atoms with E-state index in [1.807, 2.05) is 0 Å². The monoisotopic (exact) mass is 388 g/mol. The topological polar surface area (TPSA) is 101 Å². The van der Waals surface area contributed by atoms with E-state index >= 15 is 0 Å². The van der Waals surface area contributed by atoms with Gasteiger partial charge in [0.05, 0.1) is 21.9 Å². The zero-order chi connectivity index (χ0) is 18.9. The van der Waals surface area contributed by atoms with E-state index in [9.17, 15) is 21.6 Å². The molecule has 2 rings (SSSR count). The van der Waals surface area contributed by atoms with Gasteiger partial charge in [0.2, 0.25) is 10.0 Å². The highest BCUT2D eigenvalue weighted by atomic mass is 32.2. The van der Waals surface area contributed by atoms with Crippen molar-refractivity contribution in [3.63, 3.8) is 0 Å². The molecule has 0 spiro atoms. The van der Waals surface area contributed by atoms with Crippen LogP contribution in [0, 0.1) is 0 Å². The van der Waals surface area contributed by atoms with E-state index < -0.39 is 31.3 Å². The zero-order valence-electron chi connectivity index (χ0n) is 14.6. The number of benzene rings is 1. The summed E-state index contributed by atoms with van der Waals surface area (Å²) in [5.41, 5.74) is -0.636. The highest BCUT2D eigenvalue weighted by molar-refractivity contribution is 7.91. The molecule has 1 fully saturated rings. The molecule has 0 aromatic heterocycles. The average molecular weight is 389 g/mol. The first-order valence-electron chi connectivity index (χ1n) is 8.16. The van der Waals surface area contributed by atoms with Gasteiger partial charge in [-0.3, -0.25) is 4.79 Å². The zero-order valence-corrected chi connectivity index (χ0v) is 16.3. The van der Waals surface area contributed by atoms with Gasteiger partial charge in [0, 0.05) is 18.7 Å². The minimum Gasteiger partial charge on any atom is -0.346 e. The molecule has 1 N–H and O–H groups in total. The Hall–Kier alpha value is -1.45. The second kappa shape index (κ2) is 7.05. The lowest BCUT2D eigenvalue weighted by molar-refractivity contribution is 0.0915. The van der Waals surface area contributed by atoms with E-state index in [1.165, 1.54) is 28.6 Å². The number of hydrogen-bond acceptors (Lipinski definition) is 5. The summed E-state index contributed by atoms with van der Waals surface area (Å²) in [5.74, 6) is -0.542. The number of sulfone groups is 1. The molecule has 0 bridgehead atoms. The van der Waals surface area contributed by atoms with Gasteiger partial charge in [0.25, 0.3) is 5.91 Å². The summed E-state index contributed by atoms with van der Waals surface area (Å²) in [7, 11) is -6.81. The molecule has 7 nitrogen and oxygen atoms in total. The van der Waals surface area contributed by atoms with E-state index in [0.29, 0.717) is 19.5 Å². The van der Waals surface area contributed by atoms with Crippen molar-refractivity contribution < 1.29 is 21.6 Å². The summed E-state index contributed by atoms with van der Waals surface area (Å²) in [6, 6.07) is 5.81. The van der Waals surface area contributed by atoms with Crippen LogP contribution in [0.3, 0.4) is 0 Å². The van der Waals surface area contributed by atoms with Gasteiger partial charge in [-0.1, -0.05) is 19.9 Å². The maximum absolute atomic E-state index is 12.6. The summed E-state index contributed by atoms with van der Waals surface area (Å²) in [4.78, 5) is 12.5.